The van der Waals surface area contributed by atoms with E-state index in [1.807, 2.05) is 72.8 Å². The SMILES string of the molecule is [CH2-]CCCc1cc(C#Cc2ccccc2)c(OCCCS(=O)(=O)[O-])cc1C#Cc1ccccc1.[Na+].[Na+]. The van der Waals surface area contributed by atoms with Crippen molar-refractivity contribution >= 4 is 10.1 Å². The molecule has 0 amide bonds. The largest absolute Gasteiger partial charge is 1.00 e. The second-order valence-corrected chi connectivity index (χ2v) is 9.18. The van der Waals surface area contributed by atoms with Gasteiger partial charge in [-0.15, -0.1) is 0 Å². The summed E-state index contributed by atoms with van der Waals surface area (Å²) in [7, 11) is -4.29. The zero-order chi connectivity index (χ0) is 24.2. The van der Waals surface area contributed by atoms with Gasteiger partial charge >= 0.3 is 59.1 Å². The van der Waals surface area contributed by atoms with Crippen LogP contribution in [0.25, 0.3) is 0 Å². The van der Waals surface area contributed by atoms with Crippen molar-refractivity contribution in [2.24, 2.45) is 0 Å². The van der Waals surface area contributed by atoms with E-state index in [1.54, 1.807) is 0 Å². The van der Waals surface area contributed by atoms with Crippen LogP contribution >= 0.6 is 0 Å². The van der Waals surface area contributed by atoms with Crippen LogP contribution in [0.4, 0.5) is 0 Å². The van der Waals surface area contributed by atoms with E-state index in [-0.39, 0.29) is 72.1 Å². The van der Waals surface area contributed by atoms with Crippen LogP contribution in [0, 0.1) is 30.6 Å². The molecule has 36 heavy (non-hydrogen) atoms. The first-order valence-corrected chi connectivity index (χ1v) is 12.7. The van der Waals surface area contributed by atoms with Gasteiger partial charge in [0.15, 0.2) is 0 Å². The molecule has 0 atom stereocenters. The molecule has 0 aromatic heterocycles. The Balaban J connectivity index is 0.00000324. The molecule has 4 nitrogen and oxygen atoms in total. The standard InChI is InChI=1S/C29H27O4S.2Na/c1-2-3-15-26-22-28(19-17-25-13-8-5-9-14-25)29(33-20-10-21-34(30,31)32)23-27(26)18-16-24-11-6-4-7-12-24;;/h4-9,11-14,22-23H,1-3,10,15,20-21H2,(H,30,31,32);;/q-1;2*+1/p-1. The predicted molar refractivity (Wildman–Crippen MR) is 134 cm³/mol. The van der Waals surface area contributed by atoms with Crippen molar-refractivity contribution in [1.29, 1.82) is 0 Å². The molecule has 0 saturated heterocycles. The molecular formula is C29H26Na2O4S. The molecular weight excluding hydrogens is 490 g/mol. The summed E-state index contributed by atoms with van der Waals surface area (Å²) in [5, 5.41) is 0. The third kappa shape index (κ3) is 11.7. The maximum absolute atomic E-state index is 10.9. The van der Waals surface area contributed by atoms with Gasteiger partial charge in [-0.1, -0.05) is 66.5 Å². The Bertz CT molecular complexity index is 1320. The van der Waals surface area contributed by atoms with E-state index in [4.69, 9.17) is 4.74 Å². The molecule has 0 aliphatic rings. The summed E-state index contributed by atoms with van der Waals surface area (Å²) in [4.78, 5) is 0. The Hall–Kier alpha value is -1.51. The molecule has 0 aliphatic heterocycles. The van der Waals surface area contributed by atoms with Crippen LogP contribution < -0.4 is 63.9 Å². The fourth-order valence-electron chi connectivity index (χ4n) is 3.22. The van der Waals surface area contributed by atoms with E-state index >= 15 is 0 Å². The van der Waals surface area contributed by atoms with Crippen molar-refractivity contribution < 1.29 is 76.8 Å². The van der Waals surface area contributed by atoms with Gasteiger partial charge < -0.3 is 16.2 Å². The maximum atomic E-state index is 10.9. The number of hydrogen-bond donors (Lipinski definition) is 0. The monoisotopic (exact) mass is 516 g/mol. The summed E-state index contributed by atoms with van der Waals surface area (Å²) in [6.45, 7) is 4.03. The summed E-state index contributed by atoms with van der Waals surface area (Å²) in [5.74, 6) is 12.8. The average molecular weight is 517 g/mol. The number of ether oxygens (including phenoxy) is 1. The van der Waals surface area contributed by atoms with Crippen LogP contribution in [0.3, 0.4) is 0 Å². The van der Waals surface area contributed by atoms with Gasteiger partial charge in [0, 0.05) is 22.4 Å². The van der Waals surface area contributed by atoms with Gasteiger partial charge in [-0.2, -0.15) is 6.42 Å². The summed E-state index contributed by atoms with van der Waals surface area (Å²) >= 11 is 0. The van der Waals surface area contributed by atoms with Gasteiger partial charge in [-0.05, 0) is 54.8 Å². The first-order valence-electron chi connectivity index (χ1n) is 11.1. The van der Waals surface area contributed by atoms with Gasteiger partial charge in [-0.3, -0.25) is 0 Å². The predicted octanol–water partition coefficient (Wildman–Crippen LogP) is -1.03. The quantitative estimate of drug-likeness (QED) is 0.126. The normalized spacial score (nSPS) is 9.94. The zero-order valence-electron chi connectivity index (χ0n) is 20.9. The minimum absolute atomic E-state index is 0. The van der Waals surface area contributed by atoms with Gasteiger partial charge in [0.05, 0.1) is 22.3 Å². The Kier molecular flexibility index (Phi) is 15.4. The van der Waals surface area contributed by atoms with Crippen molar-refractivity contribution in [3.05, 3.63) is 108 Å². The number of rotatable bonds is 8. The molecule has 3 aromatic rings. The molecule has 0 radical (unpaired) electrons. The topological polar surface area (TPSA) is 66.4 Å². The van der Waals surface area contributed by atoms with Crippen molar-refractivity contribution in [3.8, 4) is 29.4 Å². The molecule has 7 heteroatoms. The van der Waals surface area contributed by atoms with E-state index in [9.17, 15) is 13.0 Å². The molecule has 3 rings (SSSR count). The van der Waals surface area contributed by atoms with Gasteiger partial charge in [0.25, 0.3) is 0 Å². The van der Waals surface area contributed by atoms with Crippen LogP contribution in [-0.4, -0.2) is 25.3 Å². The minimum Gasteiger partial charge on any atom is -0.748 e. The molecule has 0 unspecified atom stereocenters. The summed E-state index contributed by atoms with van der Waals surface area (Å²) in [6.07, 6.45) is 2.62. The van der Waals surface area contributed by atoms with Gasteiger partial charge in [-0.25, -0.2) is 8.42 Å². The molecule has 3 aromatic carbocycles. The number of hydrogen-bond acceptors (Lipinski definition) is 4. The first kappa shape index (κ1) is 32.5. The van der Waals surface area contributed by atoms with E-state index in [1.165, 1.54) is 0 Å². The average Bonchev–Trinajstić information content (AvgIpc) is 2.84. The summed E-state index contributed by atoms with van der Waals surface area (Å²) < 4.78 is 38.7. The molecule has 0 fully saturated rings. The van der Waals surface area contributed by atoms with E-state index < -0.39 is 15.9 Å². The van der Waals surface area contributed by atoms with Crippen molar-refractivity contribution in [3.63, 3.8) is 0 Å². The van der Waals surface area contributed by atoms with Crippen LogP contribution in [0.5, 0.6) is 5.75 Å². The number of unbranched alkanes of at least 4 members (excludes halogenated alkanes) is 1. The van der Waals surface area contributed by atoms with Crippen molar-refractivity contribution in [1.82, 2.24) is 0 Å². The Morgan fingerprint density at radius 2 is 1.33 bits per heavy atom. The molecule has 0 heterocycles. The Morgan fingerprint density at radius 3 is 1.86 bits per heavy atom. The third-order valence-electron chi connectivity index (χ3n) is 4.93. The van der Waals surface area contributed by atoms with Crippen LogP contribution in [0.1, 0.15) is 47.1 Å². The van der Waals surface area contributed by atoms with Crippen LogP contribution in [0.2, 0.25) is 0 Å². The molecule has 0 spiro atoms. The number of aryl methyl sites for hydroxylation is 1. The smallest absolute Gasteiger partial charge is 0.748 e. The molecule has 0 N–H and O–H groups in total. The maximum Gasteiger partial charge on any atom is 1.00 e. The first-order chi connectivity index (χ1) is 16.4. The van der Waals surface area contributed by atoms with Crippen molar-refractivity contribution in [2.75, 3.05) is 12.4 Å². The molecule has 0 aliphatic carbocycles. The molecule has 0 saturated carbocycles. The second kappa shape index (κ2) is 17.1. The Labute approximate surface area is 259 Å². The summed E-state index contributed by atoms with van der Waals surface area (Å²) in [6, 6.07) is 23.2. The zero-order valence-corrected chi connectivity index (χ0v) is 25.7. The number of benzene rings is 3. The van der Waals surface area contributed by atoms with E-state index in [0.717, 1.165) is 41.5 Å². The van der Waals surface area contributed by atoms with Gasteiger partial charge in [0.1, 0.15) is 5.75 Å². The van der Waals surface area contributed by atoms with E-state index in [2.05, 4.69) is 30.6 Å². The molecule has 0 bridgehead atoms. The van der Waals surface area contributed by atoms with Crippen molar-refractivity contribution in [2.45, 2.75) is 25.7 Å². The Morgan fingerprint density at radius 1 is 0.778 bits per heavy atom. The molecule has 174 valence electrons. The van der Waals surface area contributed by atoms with E-state index in [0.29, 0.717) is 11.3 Å². The van der Waals surface area contributed by atoms with Crippen LogP contribution in [0.15, 0.2) is 72.8 Å². The van der Waals surface area contributed by atoms with Gasteiger partial charge in [0.2, 0.25) is 0 Å². The second-order valence-electron chi connectivity index (χ2n) is 7.66. The van der Waals surface area contributed by atoms with Crippen LogP contribution in [-0.2, 0) is 16.5 Å². The fourth-order valence-corrected chi connectivity index (χ4v) is 3.69. The minimum atomic E-state index is -4.29. The third-order valence-corrected chi connectivity index (χ3v) is 5.72. The summed E-state index contributed by atoms with van der Waals surface area (Å²) in [5.41, 5.74) is 4.35. The fraction of sp³-hybridized carbons (Fsp3) is 0.207.